The Kier molecular flexibility index (Phi) is 4.44. The Balaban J connectivity index is 2.86. The molecule has 0 radical (unpaired) electrons. The summed E-state index contributed by atoms with van der Waals surface area (Å²) in [6, 6.07) is 1.79. The molecule has 0 aliphatic carbocycles. The molecule has 1 heterocycles. The second-order valence-corrected chi connectivity index (χ2v) is 5.15. The molecule has 0 amide bonds. The lowest BCUT2D eigenvalue weighted by Crippen LogP contribution is -2.17. The smallest absolute Gasteiger partial charge is 0.131 e. The SMILES string of the molecule is CC(C)(C)c1nc(=S)cc(NCCCO)[nH]1. The summed E-state index contributed by atoms with van der Waals surface area (Å²) in [6.45, 7) is 7.15. The molecule has 3 N–H and O–H groups in total. The third-order valence-electron chi connectivity index (χ3n) is 2.10. The Morgan fingerprint density at radius 3 is 2.75 bits per heavy atom. The molecule has 1 aromatic rings. The lowest BCUT2D eigenvalue weighted by atomic mass is 9.96. The Morgan fingerprint density at radius 2 is 2.19 bits per heavy atom. The number of hydrogen-bond donors (Lipinski definition) is 3. The van der Waals surface area contributed by atoms with Crippen LogP contribution in [0.25, 0.3) is 0 Å². The molecule has 16 heavy (non-hydrogen) atoms. The number of rotatable bonds is 4. The van der Waals surface area contributed by atoms with Gasteiger partial charge in [-0.3, -0.25) is 0 Å². The number of hydrogen-bond acceptors (Lipinski definition) is 4. The Bertz CT molecular complexity index is 395. The van der Waals surface area contributed by atoms with Gasteiger partial charge in [-0.25, -0.2) is 4.98 Å². The summed E-state index contributed by atoms with van der Waals surface area (Å²) < 4.78 is 0.579. The van der Waals surface area contributed by atoms with Gasteiger partial charge in [0.1, 0.15) is 16.3 Å². The van der Waals surface area contributed by atoms with Crippen molar-refractivity contribution >= 4 is 18.0 Å². The highest BCUT2D eigenvalue weighted by Gasteiger charge is 2.16. The van der Waals surface area contributed by atoms with Crippen molar-refractivity contribution in [3.05, 3.63) is 16.5 Å². The van der Waals surface area contributed by atoms with E-state index in [-0.39, 0.29) is 12.0 Å². The number of H-pyrrole nitrogens is 1. The molecule has 0 aliphatic heterocycles. The first kappa shape index (κ1) is 13.1. The number of nitrogens with one attached hydrogen (secondary N) is 2. The van der Waals surface area contributed by atoms with Crippen molar-refractivity contribution < 1.29 is 5.11 Å². The third-order valence-corrected chi connectivity index (χ3v) is 2.31. The molecule has 0 spiro atoms. The van der Waals surface area contributed by atoms with Gasteiger partial charge in [0.05, 0.1) is 0 Å². The summed E-state index contributed by atoms with van der Waals surface area (Å²) in [6.07, 6.45) is 0.716. The number of nitrogens with zero attached hydrogens (tertiary/aromatic N) is 1. The van der Waals surface area contributed by atoms with Crippen molar-refractivity contribution in [1.29, 1.82) is 0 Å². The predicted molar refractivity (Wildman–Crippen MR) is 68.3 cm³/mol. The van der Waals surface area contributed by atoms with E-state index in [1.165, 1.54) is 0 Å². The van der Waals surface area contributed by atoms with Crippen LogP contribution in [0.15, 0.2) is 6.07 Å². The molecule has 0 bridgehead atoms. The van der Waals surface area contributed by atoms with Crippen molar-refractivity contribution in [1.82, 2.24) is 9.97 Å². The van der Waals surface area contributed by atoms with Gasteiger partial charge in [0.25, 0.3) is 0 Å². The summed E-state index contributed by atoms with van der Waals surface area (Å²) in [7, 11) is 0. The van der Waals surface area contributed by atoms with Gasteiger partial charge in [-0.15, -0.1) is 0 Å². The zero-order valence-corrected chi connectivity index (χ0v) is 10.8. The minimum Gasteiger partial charge on any atom is -0.396 e. The van der Waals surface area contributed by atoms with Crippen LogP contribution in [0, 0.1) is 4.64 Å². The first-order chi connectivity index (χ1) is 7.43. The summed E-state index contributed by atoms with van der Waals surface area (Å²) in [5.74, 6) is 1.73. The first-order valence-electron chi connectivity index (χ1n) is 5.40. The molecule has 4 nitrogen and oxygen atoms in total. The summed E-state index contributed by atoms with van der Waals surface area (Å²) >= 11 is 5.11. The predicted octanol–water partition coefficient (Wildman–Crippen LogP) is 2.23. The second kappa shape index (κ2) is 5.41. The number of aliphatic hydroxyl groups excluding tert-OH is 1. The van der Waals surface area contributed by atoms with Crippen LogP contribution in [0.5, 0.6) is 0 Å². The van der Waals surface area contributed by atoms with E-state index in [1.54, 1.807) is 6.07 Å². The van der Waals surface area contributed by atoms with Crippen molar-refractivity contribution in [3.8, 4) is 0 Å². The normalized spacial score (nSPS) is 11.5. The fourth-order valence-corrected chi connectivity index (χ4v) is 1.42. The highest BCUT2D eigenvalue weighted by molar-refractivity contribution is 7.71. The van der Waals surface area contributed by atoms with Gasteiger partial charge in [0.2, 0.25) is 0 Å². The van der Waals surface area contributed by atoms with Crippen molar-refractivity contribution in [3.63, 3.8) is 0 Å². The van der Waals surface area contributed by atoms with E-state index in [2.05, 4.69) is 36.1 Å². The van der Waals surface area contributed by atoms with Gasteiger partial charge >= 0.3 is 0 Å². The van der Waals surface area contributed by atoms with Crippen molar-refractivity contribution in [2.24, 2.45) is 0 Å². The number of anilines is 1. The average molecular weight is 241 g/mol. The summed E-state index contributed by atoms with van der Waals surface area (Å²) in [5.41, 5.74) is -0.0533. The van der Waals surface area contributed by atoms with Gasteiger partial charge in [-0.05, 0) is 6.42 Å². The molecule has 0 saturated heterocycles. The molecular formula is C11H19N3OS. The number of aromatic nitrogens is 2. The maximum absolute atomic E-state index is 8.70. The van der Waals surface area contributed by atoms with E-state index in [9.17, 15) is 0 Å². The molecule has 0 aliphatic rings. The Morgan fingerprint density at radius 1 is 1.50 bits per heavy atom. The Labute approximate surface area is 101 Å². The van der Waals surface area contributed by atoms with E-state index in [0.717, 1.165) is 18.2 Å². The van der Waals surface area contributed by atoms with Crippen LogP contribution < -0.4 is 5.32 Å². The van der Waals surface area contributed by atoms with E-state index >= 15 is 0 Å². The zero-order chi connectivity index (χ0) is 12.2. The van der Waals surface area contributed by atoms with Gasteiger partial charge < -0.3 is 15.4 Å². The van der Waals surface area contributed by atoms with Crippen molar-refractivity contribution in [2.45, 2.75) is 32.6 Å². The minimum atomic E-state index is -0.0533. The minimum absolute atomic E-state index is 0.0533. The van der Waals surface area contributed by atoms with Gasteiger partial charge in [-0.1, -0.05) is 33.0 Å². The monoisotopic (exact) mass is 241 g/mol. The van der Waals surface area contributed by atoms with E-state index in [4.69, 9.17) is 17.3 Å². The number of aliphatic hydroxyl groups is 1. The molecule has 0 saturated carbocycles. The lowest BCUT2D eigenvalue weighted by Gasteiger charge is -2.18. The standard InChI is InChI=1S/C11H19N3OS/c1-11(2,3)10-13-8(7-9(16)14-10)12-5-4-6-15/h7,15H,4-6H2,1-3H3,(H2,12,13,14,16). The van der Waals surface area contributed by atoms with Crippen LogP contribution in [-0.4, -0.2) is 28.2 Å². The Hall–Kier alpha value is -0.940. The van der Waals surface area contributed by atoms with E-state index < -0.39 is 0 Å². The molecular weight excluding hydrogens is 222 g/mol. The third kappa shape index (κ3) is 3.90. The molecule has 0 unspecified atom stereocenters. The van der Waals surface area contributed by atoms with Crippen LogP contribution in [0.4, 0.5) is 5.82 Å². The lowest BCUT2D eigenvalue weighted by molar-refractivity contribution is 0.292. The van der Waals surface area contributed by atoms with E-state index in [1.807, 2.05) is 0 Å². The average Bonchev–Trinajstić information content (AvgIpc) is 2.16. The van der Waals surface area contributed by atoms with Gasteiger partial charge in [-0.2, -0.15) is 0 Å². The van der Waals surface area contributed by atoms with Crippen LogP contribution in [0.1, 0.15) is 33.0 Å². The van der Waals surface area contributed by atoms with Crippen LogP contribution in [0.2, 0.25) is 0 Å². The quantitative estimate of drug-likeness (QED) is 0.559. The fraction of sp³-hybridized carbons (Fsp3) is 0.636. The molecule has 90 valence electrons. The maximum atomic E-state index is 8.70. The highest BCUT2D eigenvalue weighted by Crippen LogP contribution is 2.19. The van der Waals surface area contributed by atoms with Crippen molar-refractivity contribution in [2.75, 3.05) is 18.5 Å². The zero-order valence-electron chi connectivity index (χ0n) is 10.0. The summed E-state index contributed by atoms with van der Waals surface area (Å²) in [4.78, 5) is 7.52. The molecule has 5 heteroatoms. The molecule has 1 aromatic heterocycles. The van der Waals surface area contributed by atoms with Crippen LogP contribution in [-0.2, 0) is 5.41 Å². The second-order valence-electron chi connectivity index (χ2n) is 4.74. The fourth-order valence-electron chi connectivity index (χ4n) is 1.21. The molecule has 0 atom stereocenters. The molecule has 0 aromatic carbocycles. The topological polar surface area (TPSA) is 60.9 Å². The number of aromatic amines is 1. The molecule has 1 rings (SSSR count). The van der Waals surface area contributed by atoms with Gasteiger partial charge in [0, 0.05) is 24.6 Å². The molecule has 0 fully saturated rings. The first-order valence-corrected chi connectivity index (χ1v) is 5.81. The van der Waals surface area contributed by atoms with Gasteiger partial charge in [0.15, 0.2) is 0 Å². The largest absolute Gasteiger partial charge is 0.396 e. The van der Waals surface area contributed by atoms with Crippen LogP contribution >= 0.6 is 12.2 Å². The summed E-state index contributed by atoms with van der Waals surface area (Å²) in [5, 5.41) is 11.9. The van der Waals surface area contributed by atoms with E-state index in [0.29, 0.717) is 11.1 Å². The maximum Gasteiger partial charge on any atom is 0.131 e. The van der Waals surface area contributed by atoms with Crippen LogP contribution in [0.3, 0.4) is 0 Å². The highest BCUT2D eigenvalue weighted by atomic mass is 32.1.